The number of aliphatic hydroxyl groups is 5. The van der Waals surface area contributed by atoms with Crippen molar-refractivity contribution < 1.29 is 30.3 Å². The third-order valence-corrected chi connectivity index (χ3v) is 4.73. The lowest BCUT2D eigenvalue weighted by atomic mass is 9.69. The Morgan fingerprint density at radius 1 is 1.14 bits per heavy atom. The van der Waals surface area contributed by atoms with E-state index in [9.17, 15) is 25.5 Å². The molecule has 0 aromatic heterocycles. The molecule has 0 radical (unpaired) electrons. The highest BCUT2D eigenvalue weighted by Crippen LogP contribution is 2.49. The Morgan fingerprint density at radius 3 is 2.57 bits per heavy atom. The highest BCUT2D eigenvalue weighted by atomic mass is 16.5. The van der Waals surface area contributed by atoms with Crippen molar-refractivity contribution in [1.29, 1.82) is 0 Å². The molecule has 3 rings (SSSR count). The first-order valence-corrected chi connectivity index (χ1v) is 7.05. The molecule has 0 amide bonds. The quantitative estimate of drug-likeness (QED) is 0.479. The molecule has 1 fully saturated rings. The average Bonchev–Trinajstić information content (AvgIpc) is 2.88. The number of aliphatic hydroxyl groups excluding tert-OH is 5. The molecule has 0 bridgehead atoms. The van der Waals surface area contributed by atoms with Crippen LogP contribution in [-0.2, 0) is 23.6 Å². The van der Waals surface area contributed by atoms with Gasteiger partial charge in [0.05, 0.1) is 19.3 Å². The van der Waals surface area contributed by atoms with E-state index in [1.54, 1.807) is 12.1 Å². The molecule has 2 aliphatic rings. The van der Waals surface area contributed by atoms with Crippen LogP contribution in [0.1, 0.15) is 23.1 Å². The van der Waals surface area contributed by atoms with Crippen LogP contribution in [0.2, 0.25) is 0 Å². The topological polar surface area (TPSA) is 110 Å². The van der Waals surface area contributed by atoms with Crippen LogP contribution < -0.4 is 0 Å². The van der Waals surface area contributed by atoms with Crippen molar-refractivity contribution in [2.24, 2.45) is 5.92 Å². The standard InChI is InChI=1S/C15H20O6/c16-5-8-1-2-9-7-21-15(11(9)3-8)4-10(6-17)12(18)13(19)14(15)20/h1-3,10,12-14,16-20H,4-7H2. The van der Waals surface area contributed by atoms with Crippen LogP contribution in [0.15, 0.2) is 18.2 Å². The summed E-state index contributed by atoms with van der Waals surface area (Å²) in [5.74, 6) is -0.577. The van der Waals surface area contributed by atoms with E-state index in [0.717, 1.165) is 5.56 Å². The smallest absolute Gasteiger partial charge is 0.123 e. The molecule has 5 atom stereocenters. The lowest BCUT2D eigenvalue weighted by molar-refractivity contribution is -0.228. The van der Waals surface area contributed by atoms with Gasteiger partial charge in [-0.1, -0.05) is 18.2 Å². The summed E-state index contributed by atoms with van der Waals surface area (Å²) in [4.78, 5) is 0. The number of hydrogen-bond acceptors (Lipinski definition) is 6. The van der Waals surface area contributed by atoms with Gasteiger partial charge in [-0.15, -0.1) is 0 Å². The maximum atomic E-state index is 10.4. The number of fused-ring (bicyclic) bond motifs is 2. The predicted molar refractivity (Wildman–Crippen MR) is 72.0 cm³/mol. The first-order valence-electron chi connectivity index (χ1n) is 7.05. The second kappa shape index (κ2) is 5.31. The first-order chi connectivity index (χ1) is 10.0. The lowest BCUT2D eigenvalue weighted by Gasteiger charge is -2.46. The lowest BCUT2D eigenvalue weighted by Crippen LogP contribution is -2.59. The molecule has 1 aromatic rings. The Hall–Kier alpha value is -1.02. The van der Waals surface area contributed by atoms with Crippen molar-refractivity contribution in [3.63, 3.8) is 0 Å². The average molecular weight is 296 g/mol. The SMILES string of the molecule is OCc1ccc2c(c1)C1(CC(CO)C(O)C(O)C1O)OC2. The summed E-state index contributed by atoms with van der Waals surface area (Å²) >= 11 is 0. The van der Waals surface area contributed by atoms with Crippen molar-refractivity contribution >= 4 is 0 Å². The minimum atomic E-state index is -1.39. The number of hydrogen-bond donors (Lipinski definition) is 5. The van der Waals surface area contributed by atoms with E-state index >= 15 is 0 Å². The molecule has 1 saturated carbocycles. The van der Waals surface area contributed by atoms with Gasteiger partial charge in [-0.3, -0.25) is 0 Å². The van der Waals surface area contributed by atoms with Gasteiger partial charge >= 0.3 is 0 Å². The molecular weight excluding hydrogens is 276 g/mol. The first kappa shape index (κ1) is 14.9. The molecule has 6 nitrogen and oxygen atoms in total. The molecule has 6 heteroatoms. The number of benzene rings is 1. The summed E-state index contributed by atoms with van der Waals surface area (Å²) in [7, 11) is 0. The molecule has 1 aliphatic heterocycles. The van der Waals surface area contributed by atoms with Crippen LogP contribution in [0.5, 0.6) is 0 Å². The number of ether oxygens (including phenoxy) is 1. The van der Waals surface area contributed by atoms with Crippen LogP contribution in [0, 0.1) is 5.92 Å². The minimum absolute atomic E-state index is 0.131. The van der Waals surface area contributed by atoms with Crippen LogP contribution in [0.25, 0.3) is 0 Å². The molecule has 5 N–H and O–H groups in total. The molecule has 0 saturated heterocycles. The van der Waals surface area contributed by atoms with E-state index in [1.807, 2.05) is 6.07 Å². The highest BCUT2D eigenvalue weighted by Gasteiger charge is 2.56. The fourth-order valence-corrected chi connectivity index (χ4v) is 3.48. The summed E-state index contributed by atoms with van der Waals surface area (Å²) in [5.41, 5.74) is 1.14. The molecular formula is C15H20O6. The van der Waals surface area contributed by atoms with Gasteiger partial charge in [0.2, 0.25) is 0 Å². The van der Waals surface area contributed by atoms with E-state index in [2.05, 4.69) is 0 Å². The molecule has 116 valence electrons. The van der Waals surface area contributed by atoms with Gasteiger partial charge < -0.3 is 30.3 Å². The molecule has 1 aliphatic carbocycles. The fourth-order valence-electron chi connectivity index (χ4n) is 3.48. The molecule has 1 heterocycles. The van der Waals surface area contributed by atoms with Crippen LogP contribution in [-0.4, -0.2) is 50.5 Å². The Morgan fingerprint density at radius 2 is 1.90 bits per heavy atom. The van der Waals surface area contributed by atoms with Gasteiger partial charge in [0.1, 0.15) is 17.8 Å². The Balaban J connectivity index is 2.06. The molecule has 1 aromatic carbocycles. The maximum Gasteiger partial charge on any atom is 0.123 e. The van der Waals surface area contributed by atoms with E-state index < -0.39 is 29.8 Å². The largest absolute Gasteiger partial charge is 0.396 e. The predicted octanol–water partition coefficient (Wildman–Crippen LogP) is -1.00. The molecule has 21 heavy (non-hydrogen) atoms. The summed E-state index contributed by atoms with van der Waals surface area (Å²) < 4.78 is 5.80. The van der Waals surface area contributed by atoms with E-state index in [0.29, 0.717) is 17.7 Å². The van der Waals surface area contributed by atoms with Crippen molar-refractivity contribution in [1.82, 2.24) is 0 Å². The van der Waals surface area contributed by atoms with Crippen molar-refractivity contribution in [2.45, 2.75) is 43.5 Å². The van der Waals surface area contributed by atoms with Crippen molar-refractivity contribution in [3.05, 3.63) is 34.9 Å². The number of rotatable bonds is 2. The third kappa shape index (κ3) is 2.11. The monoisotopic (exact) mass is 296 g/mol. The summed E-state index contributed by atoms with van der Waals surface area (Å²) in [6.45, 7) is -0.141. The fraction of sp³-hybridized carbons (Fsp3) is 0.600. The Bertz CT molecular complexity index is 531. The van der Waals surface area contributed by atoms with Crippen molar-refractivity contribution in [3.8, 4) is 0 Å². The zero-order chi connectivity index (χ0) is 15.2. The van der Waals surface area contributed by atoms with E-state index in [4.69, 9.17) is 4.74 Å². The second-order valence-electron chi connectivity index (χ2n) is 5.90. The van der Waals surface area contributed by atoms with Gasteiger partial charge in [-0.05, 0) is 23.1 Å². The zero-order valence-corrected chi connectivity index (χ0v) is 11.5. The Kier molecular flexibility index (Phi) is 3.77. The van der Waals surface area contributed by atoms with Crippen LogP contribution in [0.3, 0.4) is 0 Å². The third-order valence-electron chi connectivity index (χ3n) is 4.73. The minimum Gasteiger partial charge on any atom is -0.396 e. The molecule has 5 unspecified atom stereocenters. The van der Waals surface area contributed by atoms with Crippen LogP contribution >= 0.6 is 0 Å². The van der Waals surface area contributed by atoms with Gasteiger partial charge in [-0.2, -0.15) is 0 Å². The van der Waals surface area contributed by atoms with Crippen LogP contribution in [0.4, 0.5) is 0 Å². The summed E-state index contributed by atoms with van der Waals surface area (Å²) in [6, 6.07) is 5.36. The highest BCUT2D eigenvalue weighted by molar-refractivity contribution is 5.40. The second-order valence-corrected chi connectivity index (χ2v) is 5.90. The van der Waals surface area contributed by atoms with E-state index in [1.165, 1.54) is 0 Å². The van der Waals surface area contributed by atoms with E-state index in [-0.39, 0.29) is 19.6 Å². The summed E-state index contributed by atoms with van der Waals surface area (Å²) in [5, 5.41) is 49.2. The Labute approximate surface area is 122 Å². The summed E-state index contributed by atoms with van der Waals surface area (Å²) in [6.07, 6.45) is -3.65. The zero-order valence-electron chi connectivity index (χ0n) is 11.5. The van der Waals surface area contributed by atoms with Gasteiger partial charge in [0, 0.05) is 12.5 Å². The molecule has 1 spiro atoms. The maximum absolute atomic E-state index is 10.4. The normalized spacial score (nSPS) is 38.7. The van der Waals surface area contributed by atoms with Gasteiger partial charge in [-0.25, -0.2) is 0 Å². The van der Waals surface area contributed by atoms with Crippen molar-refractivity contribution in [2.75, 3.05) is 6.61 Å². The van der Waals surface area contributed by atoms with Gasteiger partial charge in [0.25, 0.3) is 0 Å². The van der Waals surface area contributed by atoms with Gasteiger partial charge in [0.15, 0.2) is 0 Å².